The number of fused-ring (bicyclic) bond motifs is 1. The van der Waals surface area contributed by atoms with Crippen LogP contribution in [0.2, 0.25) is 0 Å². The van der Waals surface area contributed by atoms with Crippen molar-refractivity contribution in [2.75, 3.05) is 62.7 Å². The van der Waals surface area contributed by atoms with E-state index in [1.165, 1.54) is 45.7 Å². The van der Waals surface area contributed by atoms with Crippen molar-refractivity contribution in [2.45, 2.75) is 57.8 Å². The second kappa shape index (κ2) is 17.4. The first-order chi connectivity index (χ1) is 28.8. The third kappa shape index (κ3) is 9.51. The van der Waals surface area contributed by atoms with Crippen molar-refractivity contribution in [3.8, 4) is 11.5 Å². The van der Waals surface area contributed by atoms with Crippen LogP contribution < -0.4 is 19.7 Å². The Morgan fingerprint density at radius 1 is 1.07 bits per heavy atom. The minimum Gasteiger partial charge on any atom is -0.455 e. The maximum Gasteiger partial charge on any atom is 0.293 e. The minimum atomic E-state index is -4.54. The van der Waals surface area contributed by atoms with Crippen molar-refractivity contribution in [2.24, 2.45) is 11.3 Å². The van der Waals surface area contributed by atoms with Crippen LogP contribution in [0, 0.1) is 28.4 Å². The maximum atomic E-state index is 13.9. The summed E-state index contributed by atoms with van der Waals surface area (Å²) in [4.78, 5) is 39.9. The van der Waals surface area contributed by atoms with Gasteiger partial charge in [-0.3, -0.25) is 19.8 Å². The fourth-order valence-electron chi connectivity index (χ4n) is 8.30. The van der Waals surface area contributed by atoms with Crippen LogP contribution in [0.25, 0.3) is 16.6 Å². The fraction of sp³-hybridized carbons (Fsp3) is 0.409. The number of benzene rings is 2. The number of nitro benzene ring substituents is 1. The van der Waals surface area contributed by atoms with Gasteiger partial charge in [-0.2, -0.15) is 0 Å². The summed E-state index contributed by atoms with van der Waals surface area (Å²) < 4.78 is 41.2. The number of nitro groups is 1. The largest absolute Gasteiger partial charge is 0.455 e. The van der Waals surface area contributed by atoms with Gasteiger partial charge >= 0.3 is 0 Å². The molecule has 16 heteroatoms. The number of anilines is 2. The average Bonchev–Trinajstić information content (AvgIpc) is 3.89. The fourth-order valence-corrected chi connectivity index (χ4v) is 10.2. The molecule has 8 rings (SSSR count). The van der Waals surface area contributed by atoms with Crippen LogP contribution in [0.1, 0.15) is 66.1 Å². The first kappa shape index (κ1) is 41.4. The molecular weight excluding hydrogens is 803 g/mol. The Morgan fingerprint density at radius 2 is 1.87 bits per heavy atom. The van der Waals surface area contributed by atoms with E-state index in [1.54, 1.807) is 30.5 Å². The highest BCUT2D eigenvalue weighted by molar-refractivity contribution is 7.90. The van der Waals surface area contributed by atoms with Crippen molar-refractivity contribution in [3.63, 3.8) is 0 Å². The van der Waals surface area contributed by atoms with Crippen LogP contribution in [-0.4, -0.2) is 86.6 Å². The van der Waals surface area contributed by atoms with E-state index in [9.17, 15) is 23.3 Å². The summed E-state index contributed by atoms with van der Waals surface area (Å²) in [6, 6.07) is 16.8. The number of pyridine rings is 1. The summed E-state index contributed by atoms with van der Waals surface area (Å²) in [6.07, 6.45) is 8.31. The Balaban J connectivity index is 1.00. The second-order valence-corrected chi connectivity index (χ2v) is 19.7. The van der Waals surface area contributed by atoms with E-state index < -0.39 is 31.4 Å². The van der Waals surface area contributed by atoms with Crippen LogP contribution in [0.15, 0.2) is 83.5 Å². The molecule has 1 amide bonds. The van der Waals surface area contributed by atoms with Gasteiger partial charge in [-0.15, -0.1) is 11.3 Å². The summed E-state index contributed by atoms with van der Waals surface area (Å²) in [5, 5.41) is 16.0. The van der Waals surface area contributed by atoms with Crippen LogP contribution >= 0.6 is 11.3 Å². The number of hydrogen-bond donors (Lipinski definition) is 3. The summed E-state index contributed by atoms with van der Waals surface area (Å²) in [7, 11) is -4.54. The molecule has 2 aromatic carbocycles. The van der Waals surface area contributed by atoms with E-state index in [1.807, 2.05) is 17.4 Å². The molecule has 0 unspecified atom stereocenters. The van der Waals surface area contributed by atoms with E-state index in [-0.39, 0.29) is 28.3 Å². The topological polar surface area (TPSA) is 172 Å². The van der Waals surface area contributed by atoms with Gasteiger partial charge in [-0.1, -0.05) is 19.4 Å². The van der Waals surface area contributed by atoms with Gasteiger partial charge in [-0.05, 0) is 104 Å². The molecule has 2 aliphatic heterocycles. The zero-order valence-corrected chi connectivity index (χ0v) is 35.8. The van der Waals surface area contributed by atoms with E-state index in [4.69, 9.17) is 9.47 Å². The number of hydrogen-bond acceptors (Lipinski definition) is 12. The Kier molecular flexibility index (Phi) is 12.0. The van der Waals surface area contributed by atoms with E-state index in [0.717, 1.165) is 75.5 Å². The summed E-state index contributed by atoms with van der Waals surface area (Å²) >= 11 is 1.88. The molecule has 0 bridgehead atoms. The number of carbonyl (C=O) groups excluding carboxylic acids is 1. The lowest BCUT2D eigenvalue weighted by atomic mass is 9.74. The first-order valence-electron chi connectivity index (χ1n) is 20.5. The molecule has 316 valence electrons. The Labute approximate surface area is 354 Å². The van der Waals surface area contributed by atoms with Gasteiger partial charge in [0.2, 0.25) is 0 Å². The van der Waals surface area contributed by atoms with Crippen molar-refractivity contribution in [1.82, 2.24) is 19.6 Å². The summed E-state index contributed by atoms with van der Waals surface area (Å²) in [6.45, 7) is 12.8. The molecule has 0 saturated carbocycles. The van der Waals surface area contributed by atoms with Crippen LogP contribution in [0.3, 0.4) is 0 Å². The SMILES string of the molecule is Cc1ccc(C2=C(CN3CCN(c4ccc(C(=O)NS(=O)(=O)c5ccc(NCC6CCOCC6)c([N+](=O)[O-])c5)c(Oc5cnc6[nH]ccc6c5)c4)CC3)CCC(C)(C)C2)s1. The minimum absolute atomic E-state index is 0.0251. The van der Waals surface area contributed by atoms with E-state index in [2.05, 4.69) is 62.7 Å². The van der Waals surface area contributed by atoms with E-state index >= 15 is 0 Å². The second-order valence-electron chi connectivity index (χ2n) is 16.8. The predicted molar refractivity (Wildman–Crippen MR) is 235 cm³/mol. The zero-order chi connectivity index (χ0) is 42.0. The predicted octanol–water partition coefficient (Wildman–Crippen LogP) is 8.38. The number of rotatable bonds is 13. The number of sulfonamides is 1. The monoisotopic (exact) mass is 853 g/mol. The quantitative estimate of drug-likeness (QED) is 0.0768. The molecule has 3 N–H and O–H groups in total. The van der Waals surface area contributed by atoms with Gasteiger partial charge in [0.25, 0.3) is 21.6 Å². The number of thiophene rings is 1. The lowest BCUT2D eigenvalue weighted by molar-refractivity contribution is -0.384. The maximum absolute atomic E-state index is 13.9. The lowest BCUT2D eigenvalue weighted by Crippen LogP contribution is -2.47. The molecular formula is C44H51N7O7S2. The Bertz CT molecular complexity index is 2530. The smallest absolute Gasteiger partial charge is 0.293 e. The number of allylic oxidation sites excluding steroid dienone is 1. The number of nitrogens with one attached hydrogen (secondary N) is 3. The lowest BCUT2D eigenvalue weighted by Gasteiger charge is -2.39. The number of piperazine rings is 1. The molecule has 0 atom stereocenters. The van der Waals surface area contributed by atoms with Crippen LogP contribution in [0.4, 0.5) is 17.1 Å². The molecule has 0 spiro atoms. The van der Waals surface area contributed by atoms with Crippen molar-refractivity contribution < 1.29 is 27.6 Å². The van der Waals surface area contributed by atoms with Gasteiger partial charge in [0.15, 0.2) is 0 Å². The highest BCUT2D eigenvalue weighted by Crippen LogP contribution is 2.45. The van der Waals surface area contributed by atoms with Crippen molar-refractivity contribution in [3.05, 3.63) is 104 Å². The number of aromatic amines is 1. The number of ether oxygens (including phenoxy) is 2. The number of aromatic nitrogens is 2. The highest BCUT2D eigenvalue weighted by atomic mass is 32.2. The van der Waals surface area contributed by atoms with Gasteiger partial charge in [0.1, 0.15) is 22.8 Å². The summed E-state index contributed by atoms with van der Waals surface area (Å²) in [5.74, 6) is -0.159. The molecule has 5 heterocycles. The van der Waals surface area contributed by atoms with Gasteiger partial charge in [-0.25, -0.2) is 18.1 Å². The third-order valence-corrected chi connectivity index (χ3v) is 14.2. The summed E-state index contributed by atoms with van der Waals surface area (Å²) in [5.41, 5.74) is 4.58. The van der Waals surface area contributed by atoms with Crippen LogP contribution in [0.5, 0.6) is 11.5 Å². The molecule has 2 fully saturated rings. The number of amides is 1. The van der Waals surface area contributed by atoms with Crippen molar-refractivity contribution in [1.29, 1.82) is 0 Å². The molecule has 60 heavy (non-hydrogen) atoms. The number of H-pyrrole nitrogens is 1. The molecule has 3 aliphatic rings. The van der Waals surface area contributed by atoms with Crippen LogP contribution in [-0.2, 0) is 14.8 Å². The Hall–Kier alpha value is -5.29. The van der Waals surface area contributed by atoms with Gasteiger partial charge < -0.3 is 24.7 Å². The van der Waals surface area contributed by atoms with Gasteiger partial charge in [0.05, 0.1) is 21.6 Å². The third-order valence-electron chi connectivity index (χ3n) is 11.8. The first-order valence-corrected chi connectivity index (χ1v) is 22.8. The van der Waals surface area contributed by atoms with E-state index in [0.29, 0.717) is 31.2 Å². The Morgan fingerprint density at radius 3 is 2.62 bits per heavy atom. The zero-order valence-electron chi connectivity index (χ0n) is 34.2. The molecule has 5 aromatic rings. The normalized spacial score (nSPS) is 17.8. The standard InChI is InChI=1S/C44H51N7O7S2/c1-29-4-9-41(59-29)37-25-44(2,3)14-10-32(37)28-49-16-18-50(19-17-49)33-5-7-36(40(23-33)58-34-22-31-11-15-45-42(31)47-27-34)43(52)48-60(55,56)35-6-8-38(39(24-35)51(53)54)46-26-30-12-20-57-21-13-30/h4-9,11,15,22-24,27,30,46H,10,12-14,16-21,25-26,28H2,1-3H3,(H,45,47)(H,48,52). The van der Waals surface area contributed by atoms with Gasteiger partial charge in [0, 0.05) is 91.6 Å². The molecule has 1 aliphatic carbocycles. The number of carbonyl (C=O) groups is 1. The highest BCUT2D eigenvalue weighted by Gasteiger charge is 2.31. The number of aryl methyl sites for hydroxylation is 1. The molecule has 14 nitrogen and oxygen atoms in total. The number of nitrogens with zero attached hydrogens (tertiary/aromatic N) is 4. The molecule has 2 saturated heterocycles. The molecule has 3 aromatic heterocycles. The van der Waals surface area contributed by atoms with Crippen molar-refractivity contribution >= 4 is 60.9 Å². The average molecular weight is 854 g/mol. The molecule has 0 radical (unpaired) electrons.